The molecule has 1 fully saturated rings. The number of carbonyl (C=O) groups is 1. The zero-order valence-corrected chi connectivity index (χ0v) is 15.4. The molecule has 2 aromatic heterocycles. The number of aromatic nitrogens is 4. The van der Waals surface area contributed by atoms with Gasteiger partial charge in [0, 0.05) is 50.7 Å². The van der Waals surface area contributed by atoms with Crippen molar-refractivity contribution in [2.45, 2.75) is 33.1 Å². The van der Waals surface area contributed by atoms with E-state index < -0.39 is 0 Å². The van der Waals surface area contributed by atoms with Gasteiger partial charge < -0.3 is 9.80 Å². The number of rotatable bonds is 3. The van der Waals surface area contributed by atoms with Gasteiger partial charge in [-0.1, -0.05) is 0 Å². The molecule has 1 aliphatic rings. The monoisotopic (exact) mass is 342 g/mol. The van der Waals surface area contributed by atoms with Crippen molar-refractivity contribution in [2.75, 3.05) is 31.1 Å². The van der Waals surface area contributed by atoms with Gasteiger partial charge in [0.1, 0.15) is 0 Å². The summed E-state index contributed by atoms with van der Waals surface area (Å²) in [6.07, 6.45) is 2.61. The standard InChI is InChI=1S/C18H26N6O/c1-13(17-14(2)21-22(4)15(17)3)18(25)24-10-6-9-23(11-12-24)16-7-5-8-19-20-16/h5,7-8,13H,6,9-12H2,1-4H3. The lowest BCUT2D eigenvalue weighted by Crippen LogP contribution is -2.38. The van der Waals surface area contributed by atoms with Crippen LogP contribution in [0.1, 0.15) is 36.2 Å². The fraction of sp³-hybridized carbons (Fsp3) is 0.556. The van der Waals surface area contributed by atoms with Crippen molar-refractivity contribution >= 4 is 11.7 Å². The van der Waals surface area contributed by atoms with E-state index in [4.69, 9.17) is 0 Å². The van der Waals surface area contributed by atoms with E-state index in [0.29, 0.717) is 6.54 Å². The minimum atomic E-state index is -0.170. The summed E-state index contributed by atoms with van der Waals surface area (Å²) in [5.41, 5.74) is 3.06. The molecule has 1 saturated heterocycles. The second-order valence-corrected chi connectivity index (χ2v) is 6.68. The lowest BCUT2D eigenvalue weighted by atomic mass is 9.97. The maximum atomic E-state index is 13.1. The predicted molar refractivity (Wildman–Crippen MR) is 96.5 cm³/mol. The average molecular weight is 342 g/mol. The third-order valence-corrected chi connectivity index (χ3v) is 5.06. The van der Waals surface area contributed by atoms with Gasteiger partial charge in [-0.3, -0.25) is 9.48 Å². The largest absolute Gasteiger partial charge is 0.353 e. The van der Waals surface area contributed by atoms with Crippen molar-refractivity contribution in [3.63, 3.8) is 0 Å². The van der Waals surface area contributed by atoms with Crippen LogP contribution in [-0.2, 0) is 11.8 Å². The smallest absolute Gasteiger partial charge is 0.230 e. The van der Waals surface area contributed by atoms with Crippen LogP contribution in [0.2, 0.25) is 0 Å². The molecule has 3 heterocycles. The van der Waals surface area contributed by atoms with Crippen LogP contribution in [0.3, 0.4) is 0 Å². The van der Waals surface area contributed by atoms with Crippen LogP contribution in [0.25, 0.3) is 0 Å². The Kier molecular flexibility index (Phi) is 5.01. The molecule has 7 heteroatoms. The van der Waals surface area contributed by atoms with Crippen molar-refractivity contribution in [3.05, 3.63) is 35.3 Å². The molecule has 1 unspecified atom stereocenters. The Hall–Kier alpha value is -2.44. The van der Waals surface area contributed by atoms with E-state index in [1.807, 2.05) is 49.5 Å². The molecule has 0 bridgehead atoms. The molecule has 0 aromatic carbocycles. The van der Waals surface area contributed by atoms with E-state index in [2.05, 4.69) is 20.2 Å². The topological polar surface area (TPSA) is 67.2 Å². The Morgan fingerprint density at radius 1 is 1.20 bits per heavy atom. The van der Waals surface area contributed by atoms with Gasteiger partial charge in [-0.15, -0.1) is 5.10 Å². The summed E-state index contributed by atoms with van der Waals surface area (Å²) in [6.45, 7) is 9.15. The molecule has 0 saturated carbocycles. The number of aryl methyl sites for hydroxylation is 2. The van der Waals surface area contributed by atoms with Gasteiger partial charge in [-0.05, 0) is 39.3 Å². The quantitative estimate of drug-likeness (QED) is 0.849. The van der Waals surface area contributed by atoms with Crippen LogP contribution in [0, 0.1) is 13.8 Å². The van der Waals surface area contributed by atoms with E-state index >= 15 is 0 Å². The lowest BCUT2D eigenvalue weighted by molar-refractivity contribution is -0.132. The van der Waals surface area contributed by atoms with Crippen molar-refractivity contribution in [1.82, 2.24) is 24.9 Å². The molecular weight excluding hydrogens is 316 g/mol. The summed E-state index contributed by atoms with van der Waals surface area (Å²) in [5.74, 6) is 0.890. The Morgan fingerprint density at radius 3 is 2.64 bits per heavy atom. The second kappa shape index (κ2) is 7.21. The SMILES string of the molecule is Cc1nn(C)c(C)c1C(C)C(=O)N1CCCN(c2cccnn2)CC1. The van der Waals surface area contributed by atoms with Crippen LogP contribution in [0.5, 0.6) is 0 Å². The number of hydrogen-bond donors (Lipinski definition) is 0. The summed E-state index contributed by atoms with van der Waals surface area (Å²) < 4.78 is 1.85. The molecule has 25 heavy (non-hydrogen) atoms. The first-order valence-electron chi connectivity index (χ1n) is 8.80. The molecule has 3 rings (SSSR count). The highest BCUT2D eigenvalue weighted by molar-refractivity contribution is 5.84. The van der Waals surface area contributed by atoms with Gasteiger partial charge in [0.2, 0.25) is 5.91 Å². The molecule has 0 N–H and O–H groups in total. The summed E-state index contributed by atoms with van der Waals surface area (Å²) in [7, 11) is 1.92. The van der Waals surface area contributed by atoms with Gasteiger partial charge in [0.15, 0.2) is 5.82 Å². The zero-order valence-electron chi connectivity index (χ0n) is 15.4. The Balaban J connectivity index is 1.71. The van der Waals surface area contributed by atoms with Gasteiger partial charge in [-0.2, -0.15) is 10.2 Å². The van der Waals surface area contributed by atoms with Gasteiger partial charge in [-0.25, -0.2) is 0 Å². The molecule has 7 nitrogen and oxygen atoms in total. The minimum Gasteiger partial charge on any atom is -0.353 e. The minimum absolute atomic E-state index is 0.170. The van der Waals surface area contributed by atoms with Gasteiger partial charge in [0.05, 0.1) is 11.6 Å². The van der Waals surface area contributed by atoms with Crippen LogP contribution in [0.4, 0.5) is 5.82 Å². The molecule has 1 aliphatic heterocycles. The Bertz CT molecular complexity index is 742. The maximum absolute atomic E-state index is 13.1. The van der Waals surface area contributed by atoms with E-state index in [1.54, 1.807) is 6.20 Å². The molecule has 2 aromatic rings. The average Bonchev–Trinajstić information content (AvgIpc) is 2.80. The zero-order chi connectivity index (χ0) is 18.0. The Morgan fingerprint density at radius 2 is 2.00 bits per heavy atom. The number of amides is 1. The number of hydrogen-bond acceptors (Lipinski definition) is 5. The molecule has 0 spiro atoms. The van der Waals surface area contributed by atoms with Crippen molar-refractivity contribution in [3.8, 4) is 0 Å². The maximum Gasteiger partial charge on any atom is 0.230 e. The summed E-state index contributed by atoms with van der Waals surface area (Å²) in [4.78, 5) is 17.2. The van der Waals surface area contributed by atoms with Crippen LogP contribution in [0.15, 0.2) is 18.3 Å². The first-order valence-corrected chi connectivity index (χ1v) is 8.80. The van der Waals surface area contributed by atoms with Gasteiger partial charge >= 0.3 is 0 Å². The molecule has 1 amide bonds. The number of carbonyl (C=O) groups excluding carboxylic acids is 1. The molecular formula is C18H26N6O. The highest BCUT2D eigenvalue weighted by Crippen LogP contribution is 2.25. The van der Waals surface area contributed by atoms with Crippen LogP contribution >= 0.6 is 0 Å². The third-order valence-electron chi connectivity index (χ3n) is 5.06. The fourth-order valence-corrected chi connectivity index (χ4v) is 3.64. The van der Waals surface area contributed by atoms with E-state index in [0.717, 1.165) is 48.8 Å². The van der Waals surface area contributed by atoms with E-state index in [9.17, 15) is 4.79 Å². The molecule has 134 valence electrons. The lowest BCUT2D eigenvalue weighted by Gasteiger charge is -2.25. The van der Waals surface area contributed by atoms with Crippen molar-refractivity contribution in [1.29, 1.82) is 0 Å². The molecule has 1 atom stereocenters. The molecule has 0 radical (unpaired) electrons. The summed E-state index contributed by atoms with van der Waals surface area (Å²) >= 11 is 0. The summed E-state index contributed by atoms with van der Waals surface area (Å²) in [6, 6.07) is 3.86. The Labute approximate surface area is 148 Å². The first kappa shape index (κ1) is 17.4. The van der Waals surface area contributed by atoms with E-state index in [-0.39, 0.29) is 11.8 Å². The predicted octanol–water partition coefficient (Wildman–Crippen LogP) is 1.67. The van der Waals surface area contributed by atoms with Crippen molar-refractivity contribution in [2.24, 2.45) is 7.05 Å². The van der Waals surface area contributed by atoms with Crippen LogP contribution in [-0.4, -0.2) is 57.0 Å². The fourth-order valence-electron chi connectivity index (χ4n) is 3.64. The van der Waals surface area contributed by atoms with E-state index in [1.165, 1.54) is 0 Å². The number of anilines is 1. The van der Waals surface area contributed by atoms with Gasteiger partial charge in [0.25, 0.3) is 0 Å². The van der Waals surface area contributed by atoms with Crippen molar-refractivity contribution < 1.29 is 4.79 Å². The first-order chi connectivity index (χ1) is 12.0. The highest BCUT2D eigenvalue weighted by Gasteiger charge is 2.28. The molecule has 0 aliphatic carbocycles. The highest BCUT2D eigenvalue weighted by atomic mass is 16.2. The normalized spacial score (nSPS) is 16.6. The third kappa shape index (κ3) is 3.50. The van der Waals surface area contributed by atoms with Crippen LogP contribution < -0.4 is 4.90 Å². The second-order valence-electron chi connectivity index (χ2n) is 6.68. The summed E-state index contributed by atoms with van der Waals surface area (Å²) in [5, 5.41) is 12.6. The number of nitrogens with zero attached hydrogens (tertiary/aromatic N) is 6.